The number of methoxy groups -OCH3 is 2. The zero-order valence-corrected chi connectivity index (χ0v) is 9.81. The zero-order valence-electron chi connectivity index (χ0n) is 9.81. The first kappa shape index (κ1) is 13.2. The SMILES string of the molecule is COCC(O)CN1CCC(NC(=O)OC)C1. The van der Waals surface area contributed by atoms with E-state index in [4.69, 9.17) is 4.74 Å². The number of carbonyl (C=O) groups is 1. The molecule has 0 aromatic heterocycles. The third-order valence-electron chi connectivity index (χ3n) is 2.61. The number of likely N-dealkylation sites (tertiary alicyclic amines) is 1. The predicted octanol–water partition coefficient (Wildman–Crippen LogP) is -0.576. The second kappa shape index (κ2) is 6.67. The number of hydrogen-bond acceptors (Lipinski definition) is 5. The lowest BCUT2D eigenvalue weighted by Gasteiger charge is -2.19. The summed E-state index contributed by atoms with van der Waals surface area (Å²) < 4.78 is 9.39. The molecule has 2 atom stereocenters. The fraction of sp³-hybridized carbons (Fsp3) is 0.900. The lowest BCUT2D eigenvalue weighted by Crippen LogP contribution is -2.39. The Balaban J connectivity index is 2.21. The number of amides is 1. The number of rotatable bonds is 5. The average Bonchev–Trinajstić information content (AvgIpc) is 2.65. The minimum absolute atomic E-state index is 0.113. The van der Waals surface area contributed by atoms with Gasteiger partial charge in [-0.25, -0.2) is 4.79 Å². The van der Waals surface area contributed by atoms with Crippen molar-refractivity contribution < 1.29 is 19.4 Å². The first-order chi connectivity index (χ1) is 7.65. The van der Waals surface area contributed by atoms with Gasteiger partial charge < -0.3 is 19.9 Å². The van der Waals surface area contributed by atoms with E-state index >= 15 is 0 Å². The van der Waals surface area contributed by atoms with E-state index in [1.165, 1.54) is 7.11 Å². The molecule has 6 heteroatoms. The van der Waals surface area contributed by atoms with Crippen LogP contribution in [0.1, 0.15) is 6.42 Å². The van der Waals surface area contributed by atoms with E-state index in [2.05, 4.69) is 15.0 Å². The number of nitrogens with one attached hydrogen (secondary N) is 1. The number of β-amino-alcohol motifs (C(OH)–C–C–N with tert-alkyl or cyclic N) is 1. The Kier molecular flexibility index (Phi) is 5.51. The first-order valence-corrected chi connectivity index (χ1v) is 5.39. The predicted molar refractivity (Wildman–Crippen MR) is 58.3 cm³/mol. The van der Waals surface area contributed by atoms with Gasteiger partial charge >= 0.3 is 6.09 Å². The van der Waals surface area contributed by atoms with Gasteiger partial charge in [0.1, 0.15) is 0 Å². The Morgan fingerprint density at radius 3 is 3.00 bits per heavy atom. The molecule has 2 unspecified atom stereocenters. The van der Waals surface area contributed by atoms with Crippen LogP contribution >= 0.6 is 0 Å². The molecule has 0 radical (unpaired) electrons. The van der Waals surface area contributed by atoms with E-state index in [-0.39, 0.29) is 6.04 Å². The quantitative estimate of drug-likeness (QED) is 0.664. The van der Waals surface area contributed by atoms with Crippen LogP contribution in [0, 0.1) is 0 Å². The lowest BCUT2D eigenvalue weighted by atomic mass is 10.3. The van der Waals surface area contributed by atoms with Gasteiger partial charge in [-0.05, 0) is 6.42 Å². The summed E-state index contributed by atoms with van der Waals surface area (Å²) in [4.78, 5) is 13.1. The van der Waals surface area contributed by atoms with Crippen LogP contribution in [-0.2, 0) is 9.47 Å². The van der Waals surface area contributed by atoms with E-state index in [0.29, 0.717) is 13.2 Å². The number of ether oxygens (including phenoxy) is 2. The fourth-order valence-electron chi connectivity index (χ4n) is 1.89. The van der Waals surface area contributed by atoms with Crippen molar-refractivity contribution in [3.8, 4) is 0 Å². The van der Waals surface area contributed by atoms with Crippen molar-refractivity contribution in [3.63, 3.8) is 0 Å². The first-order valence-electron chi connectivity index (χ1n) is 5.39. The van der Waals surface area contributed by atoms with Crippen molar-refractivity contribution >= 4 is 6.09 Å². The summed E-state index contributed by atoms with van der Waals surface area (Å²) in [6.45, 7) is 2.53. The zero-order chi connectivity index (χ0) is 12.0. The highest BCUT2D eigenvalue weighted by molar-refractivity contribution is 5.67. The van der Waals surface area contributed by atoms with E-state index in [0.717, 1.165) is 19.5 Å². The Morgan fingerprint density at radius 2 is 2.38 bits per heavy atom. The number of carbonyl (C=O) groups excluding carboxylic acids is 1. The van der Waals surface area contributed by atoms with E-state index in [1.54, 1.807) is 7.11 Å². The van der Waals surface area contributed by atoms with Crippen LogP contribution in [0.2, 0.25) is 0 Å². The van der Waals surface area contributed by atoms with Crippen LogP contribution in [0.5, 0.6) is 0 Å². The summed E-state index contributed by atoms with van der Waals surface area (Å²) in [6.07, 6.45) is 0.0144. The molecule has 1 amide bonds. The van der Waals surface area contributed by atoms with Crippen LogP contribution in [-0.4, -0.2) is 68.7 Å². The number of aliphatic hydroxyl groups excluding tert-OH is 1. The van der Waals surface area contributed by atoms with Gasteiger partial charge in [-0.3, -0.25) is 4.90 Å². The van der Waals surface area contributed by atoms with E-state index in [1.807, 2.05) is 0 Å². The highest BCUT2D eigenvalue weighted by Crippen LogP contribution is 2.09. The maximum Gasteiger partial charge on any atom is 0.407 e. The van der Waals surface area contributed by atoms with Gasteiger partial charge in [0.2, 0.25) is 0 Å². The van der Waals surface area contributed by atoms with Gasteiger partial charge in [0.05, 0.1) is 19.8 Å². The van der Waals surface area contributed by atoms with Crippen molar-refractivity contribution in [2.24, 2.45) is 0 Å². The summed E-state index contributed by atoms with van der Waals surface area (Å²) >= 11 is 0. The average molecular weight is 232 g/mol. The van der Waals surface area contributed by atoms with Crippen LogP contribution in [0.3, 0.4) is 0 Å². The molecule has 0 aromatic carbocycles. The van der Waals surface area contributed by atoms with Crippen LogP contribution in [0.15, 0.2) is 0 Å². The molecular weight excluding hydrogens is 212 g/mol. The number of hydrogen-bond donors (Lipinski definition) is 2. The molecule has 6 nitrogen and oxygen atoms in total. The van der Waals surface area contributed by atoms with Gasteiger partial charge in [-0.2, -0.15) is 0 Å². The second-order valence-electron chi connectivity index (χ2n) is 3.99. The van der Waals surface area contributed by atoms with Gasteiger partial charge in [0.25, 0.3) is 0 Å². The molecule has 1 rings (SSSR count). The summed E-state index contributed by atoms with van der Waals surface area (Å²) in [5, 5.41) is 12.3. The molecule has 94 valence electrons. The maximum absolute atomic E-state index is 11.0. The van der Waals surface area contributed by atoms with Crippen molar-refractivity contribution in [2.45, 2.75) is 18.6 Å². The minimum Gasteiger partial charge on any atom is -0.453 e. The van der Waals surface area contributed by atoms with E-state index < -0.39 is 12.2 Å². The van der Waals surface area contributed by atoms with Gasteiger partial charge in [-0.15, -0.1) is 0 Å². The standard InChI is InChI=1S/C10H20N2O4/c1-15-7-9(13)6-12-4-3-8(5-12)11-10(14)16-2/h8-9,13H,3-7H2,1-2H3,(H,11,14). The fourth-order valence-corrected chi connectivity index (χ4v) is 1.89. The van der Waals surface area contributed by atoms with Gasteiger partial charge in [-0.1, -0.05) is 0 Å². The van der Waals surface area contributed by atoms with Crippen molar-refractivity contribution in [1.82, 2.24) is 10.2 Å². The summed E-state index contributed by atoms with van der Waals surface area (Å²) in [5.74, 6) is 0. The largest absolute Gasteiger partial charge is 0.453 e. The summed E-state index contributed by atoms with van der Waals surface area (Å²) in [5.41, 5.74) is 0. The number of aliphatic hydroxyl groups is 1. The Labute approximate surface area is 95.5 Å². The van der Waals surface area contributed by atoms with E-state index in [9.17, 15) is 9.90 Å². The molecule has 1 saturated heterocycles. The molecule has 0 saturated carbocycles. The molecular formula is C10H20N2O4. The van der Waals surface area contributed by atoms with Crippen LogP contribution in [0.4, 0.5) is 4.79 Å². The van der Waals surface area contributed by atoms with Crippen LogP contribution < -0.4 is 5.32 Å². The highest BCUT2D eigenvalue weighted by Gasteiger charge is 2.25. The molecule has 1 aliphatic heterocycles. The van der Waals surface area contributed by atoms with Crippen LogP contribution in [0.25, 0.3) is 0 Å². The molecule has 16 heavy (non-hydrogen) atoms. The minimum atomic E-state index is -0.470. The molecule has 1 aliphatic rings. The number of alkyl carbamates (subject to hydrolysis) is 1. The highest BCUT2D eigenvalue weighted by atomic mass is 16.5. The molecule has 1 fully saturated rings. The lowest BCUT2D eigenvalue weighted by molar-refractivity contribution is 0.0424. The second-order valence-corrected chi connectivity index (χ2v) is 3.99. The molecule has 0 aliphatic carbocycles. The third kappa shape index (κ3) is 4.34. The molecule has 2 N–H and O–H groups in total. The number of nitrogens with zero attached hydrogens (tertiary/aromatic N) is 1. The smallest absolute Gasteiger partial charge is 0.407 e. The Morgan fingerprint density at radius 1 is 1.62 bits per heavy atom. The van der Waals surface area contributed by atoms with Gasteiger partial charge in [0, 0.05) is 32.8 Å². The maximum atomic E-state index is 11.0. The normalized spacial score (nSPS) is 23.1. The monoisotopic (exact) mass is 232 g/mol. The summed E-state index contributed by atoms with van der Waals surface area (Å²) in [6, 6.07) is 0.113. The third-order valence-corrected chi connectivity index (χ3v) is 2.61. The molecule has 1 heterocycles. The Bertz CT molecular complexity index is 225. The van der Waals surface area contributed by atoms with Crippen molar-refractivity contribution in [2.75, 3.05) is 40.5 Å². The molecule has 0 aromatic rings. The summed E-state index contributed by atoms with van der Waals surface area (Å²) in [7, 11) is 2.92. The van der Waals surface area contributed by atoms with Crippen molar-refractivity contribution in [1.29, 1.82) is 0 Å². The van der Waals surface area contributed by atoms with Crippen molar-refractivity contribution in [3.05, 3.63) is 0 Å². The molecule has 0 spiro atoms. The topological polar surface area (TPSA) is 71.0 Å². The molecule has 0 bridgehead atoms. The Hall–Kier alpha value is -0.850. The van der Waals surface area contributed by atoms with Gasteiger partial charge in [0.15, 0.2) is 0 Å².